The van der Waals surface area contributed by atoms with Crippen LogP contribution in [0, 0.1) is 23.1 Å². The Morgan fingerprint density at radius 3 is 2.68 bits per heavy atom. The molecule has 0 spiro atoms. The number of hydrazine groups is 1. The van der Waals surface area contributed by atoms with Crippen LogP contribution in [0.25, 0.3) is 0 Å². The highest BCUT2D eigenvalue weighted by Gasteiger charge is 2.17. The van der Waals surface area contributed by atoms with E-state index in [1.54, 1.807) is 11.2 Å². The van der Waals surface area contributed by atoms with Crippen LogP contribution in [0.5, 0.6) is 0 Å². The molecule has 1 N–H and O–H groups in total. The minimum atomic E-state index is -0.404. The van der Waals surface area contributed by atoms with E-state index in [1.807, 2.05) is 13.9 Å². The highest BCUT2D eigenvalue weighted by molar-refractivity contribution is 6.35. The molecule has 0 atom stereocenters. The van der Waals surface area contributed by atoms with Gasteiger partial charge in [-0.3, -0.25) is 15.2 Å². The van der Waals surface area contributed by atoms with Gasteiger partial charge in [0.25, 0.3) is 5.91 Å². The summed E-state index contributed by atoms with van der Waals surface area (Å²) < 4.78 is 13.0. The molecule has 1 aromatic carbocycles. The van der Waals surface area contributed by atoms with E-state index in [0.29, 0.717) is 23.8 Å². The van der Waals surface area contributed by atoms with Crippen LogP contribution in [0.1, 0.15) is 36.5 Å². The third-order valence-corrected chi connectivity index (χ3v) is 3.57. The van der Waals surface area contributed by atoms with Gasteiger partial charge in [0.15, 0.2) is 0 Å². The normalized spacial score (nSPS) is 10.4. The largest absolute Gasteiger partial charge is 0.269 e. The fourth-order valence-corrected chi connectivity index (χ4v) is 2.15. The molecule has 128 valence electrons. The Morgan fingerprint density at radius 2 is 2.08 bits per heavy atom. The van der Waals surface area contributed by atoms with Gasteiger partial charge in [-0.2, -0.15) is 5.26 Å². The van der Waals surface area contributed by atoms with Gasteiger partial charge in [-0.15, -0.1) is 0 Å². The molecule has 0 aliphatic carbocycles. The second-order valence-electron chi connectivity index (χ2n) is 6.09. The molecule has 1 aromatic heterocycles. The van der Waals surface area contributed by atoms with Crippen LogP contribution in [0.2, 0.25) is 0 Å². The number of hydrogen-bond donors (Lipinski definition) is 1. The van der Waals surface area contributed by atoms with E-state index in [4.69, 9.17) is 5.26 Å². The Morgan fingerprint density at radius 1 is 1.40 bits per heavy atom. The zero-order valence-electron chi connectivity index (χ0n) is 14.5. The predicted molar refractivity (Wildman–Crippen MR) is 95.6 cm³/mol. The molecule has 0 unspecified atom stereocenters. The van der Waals surface area contributed by atoms with E-state index in [0.717, 1.165) is 11.9 Å². The number of carbonyl (C=O) groups excluding carboxylic acids is 1. The minimum absolute atomic E-state index is 0.0335. The number of halogens is 1. The Balaban J connectivity index is 2.28. The number of rotatable bonds is 6. The monoisotopic (exact) mass is 339 g/mol. The summed E-state index contributed by atoms with van der Waals surface area (Å²) in [6, 6.07) is 7.20. The Labute approximate surface area is 147 Å². The third kappa shape index (κ3) is 5.01. The van der Waals surface area contributed by atoms with Crippen molar-refractivity contribution in [2.24, 2.45) is 5.92 Å². The first-order valence-electron chi connectivity index (χ1n) is 7.98. The Kier molecular flexibility index (Phi) is 6.06. The lowest BCUT2D eigenvalue weighted by atomic mass is 9.98. The van der Waals surface area contributed by atoms with Gasteiger partial charge in [-0.1, -0.05) is 13.8 Å². The van der Waals surface area contributed by atoms with E-state index in [9.17, 15) is 9.18 Å². The third-order valence-electron chi connectivity index (χ3n) is 3.57. The van der Waals surface area contributed by atoms with Gasteiger partial charge < -0.3 is 0 Å². The maximum Gasteiger partial charge on any atom is 0.269 e. The first-order chi connectivity index (χ1) is 11.9. The van der Waals surface area contributed by atoms with Crippen LogP contribution in [0.3, 0.4) is 0 Å². The van der Waals surface area contributed by atoms with E-state index < -0.39 is 5.82 Å². The zero-order chi connectivity index (χ0) is 18.4. The summed E-state index contributed by atoms with van der Waals surface area (Å²) in [6.45, 7) is 4.67. The second kappa shape index (κ2) is 8.24. The van der Waals surface area contributed by atoms with Crippen LogP contribution in [-0.4, -0.2) is 30.3 Å². The number of aromatic nitrogens is 2. The SMILES string of the molecule is Bc1cnc(C#N)nc1N(CCC(C)C)NC(=O)c1ccc(F)cc1. The van der Waals surface area contributed by atoms with E-state index >= 15 is 0 Å². The topological polar surface area (TPSA) is 81.9 Å². The fourth-order valence-electron chi connectivity index (χ4n) is 2.15. The van der Waals surface area contributed by atoms with Gasteiger partial charge >= 0.3 is 0 Å². The maximum absolute atomic E-state index is 13.0. The molecule has 0 bridgehead atoms. The molecule has 0 saturated carbocycles. The van der Waals surface area contributed by atoms with Crippen molar-refractivity contribution in [3.05, 3.63) is 47.7 Å². The average Bonchev–Trinajstić information content (AvgIpc) is 2.59. The number of anilines is 1. The van der Waals surface area contributed by atoms with Crippen molar-refractivity contribution in [2.45, 2.75) is 20.3 Å². The minimum Gasteiger partial charge on any atom is -0.268 e. The fraction of sp³-hybridized carbons (Fsp3) is 0.294. The summed E-state index contributed by atoms with van der Waals surface area (Å²) >= 11 is 0. The van der Waals surface area contributed by atoms with Gasteiger partial charge in [0.1, 0.15) is 25.6 Å². The molecular formula is C17H19BFN5O. The lowest BCUT2D eigenvalue weighted by Gasteiger charge is -2.26. The van der Waals surface area contributed by atoms with Crippen LogP contribution < -0.4 is 15.9 Å². The van der Waals surface area contributed by atoms with Crippen molar-refractivity contribution in [3.63, 3.8) is 0 Å². The molecular weight excluding hydrogens is 320 g/mol. The van der Waals surface area contributed by atoms with Crippen LogP contribution in [0.4, 0.5) is 10.2 Å². The maximum atomic E-state index is 13.0. The molecule has 6 nitrogen and oxygen atoms in total. The van der Waals surface area contributed by atoms with Gasteiger partial charge in [-0.25, -0.2) is 14.4 Å². The zero-order valence-corrected chi connectivity index (χ0v) is 14.5. The first kappa shape index (κ1) is 18.4. The molecule has 8 heteroatoms. The number of nitrogens with zero attached hydrogens (tertiary/aromatic N) is 4. The van der Waals surface area contributed by atoms with Crippen molar-refractivity contribution in [1.82, 2.24) is 15.4 Å². The summed E-state index contributed by atoms with van der Waals surface area (Å²) in [7, 11) is 1.81. The van der Waals surface area contributed by atoms with Crippen LogP contribution in [0.15, 0.2) is 30.5 Å². The van der Waals surface area contributed by atoms with Gasteiger partial charge in [0.05, 0.1) is 0 Å². The highest BCUT2D eigenvalue weighted by atomic mass is 19.1. The molecule has 2 rings (SSSR count). The van der Waals surface area contributed by atoms with Crippen LogP contribution >= 0.6 is 0 Å². The first-order valence-corrected chi connectivity index (χ1v) is 7.98. The molecule has 25 heavy (non-hydrogen) atoms. The van der Waals surface area contributed by atoms with E-state index in [2.05, 4.69) is 29.2 Å². The quantitative estimate of drug-likeness (QED) is 0.626. The second-order valence-corrected chi connectivity index (χ2v) is 6.09. The summed E-state index contributed by atoms with van der Waals surface area (Å²) in [5.41, 5.74) is 3.86. The molecule has 1 heterocycles. The highest BCUT2D eigenvalue weighted by Crippen LogP contribution is 2.10. The number of nitrogens with one attached hydrogen (secondary N) is 1. The standard InChI is InChI=1S/C17H19BFN5O/c1-11(2)7-8-24(16-14(18)10-21-15(9-20)22-16)23-17(25)12-3-5-13(19)6-4-12/h3-6,10-11H,7-8,18H2,1-2H3,(H,23,25). The van der Waals surface area contributed by atoms with E-state index in [-0.39, 0.29) is 11.7 Å². The van der Waals surface area contributed by atoms with Gasteiger partial charge in [0.2, 0.25) is 5.82 Å². The van der Waals surface area contributed by atoms with E-state index in [1.165, 1.54) is 24.3 Å². The van der Waals surface area contributed by atoms with Crippen molar-refractivity contribution < 1.29 is 9.18 Å². The smallest absolute Gasteiger partial charge is 0.268 e. The van der Waals surface area contributed by atoms with Gasteiger partial charge in [-0.05, 0) is 42.1 Å². The van der Waals surface area contributed by atoms with Crippen molar-refractivity contribution in [1.29, 1.82) is 5.26 Å². The van der Waals surface area contributed by atoms with Gasteiger partial charge in [0, 0.05) is 18.3 Å². The van der Waals surface area contributed by atoms with Crippen molar-refractivity contribution >= 4 is 25.0 Å². The predicted octanol–water partition coefficient (Wildman–Crippen LogP) is 0.943. The molecule has 0 radical (unpaired) electrons. The Bertz CT molecular complexity index is 789. The number of benzene rings is 1. The van der Waals surface area contributed by atoms with Crippen LogP contribution in [-0.2, 0) is 0 Å². The molecule has 2 aromatic rings. The lowest BCUT2D eigenvalue weighted by Crippen LogP contribution is -2.46. The summed E-state index contributed by atoms with van der Waals surface area (Å²) in [4.78, 5) is 20.6. The molecule has 1 amide bonds. The van der Waals surface area contributed by atoms with Crippen molar-refractivity contribution in [3.8, 4) is 6.07 Å². The lowest BCUT2D eigenvalue weighted by molar-refractivity contribution is 0.0948. The molecule has 0 saturated heterocycles. The molecule has 0 aliphatic heterocycles. The average molecular weight is 339 g/mol. The summed E-state index contributed by atoms with van der Waals surface area (Å²) in [5, 5.41) is 10.6. The van der Waals surface area contributed by atoms with Crippen molar-refractivity contribution in [2.75, 3.05) is 11.6 Å². The number of hydrogen-bond acceptors (Lipinski definition) is 5. The summed E-state index contributed by atoms with van der Waals surface area (Å²) in [6.07, 6.45) is 2.36. The number of amides is 1. The summed E-state index contributed by atoms with van der Waals surface area (Å²) in [5.74, 6) is 0.149. The number of nitriles is 1. The molecule has 0 aliphatic rings. The molecule has 0 fully saturated rings. The number of carbonyl (C=O) groups is 1. The Hall–Kier alpha value is -2.95.